The number of nitrogens with zero attached hydrogens (tertiary/aromatic N) is 2. The van der Waals surface area contributed by atoms with Crippen molar-refractivity contribution in [1.29, 1.82) is 0 Å². The van der Waals surface area contributed by atoms with Crippen LogP contribution in [0.3, 0.4) is 0 Å². The minimum Gasteiger partial charge on any atom is -0.459 e. The van der Waals surface area contributed by atoms with Crippen molar-refractivity contribution in [3.8, 4) is 0 Å². The number of amides is 2. The molecule has 2 N–H and O–H groups in total. The van der Waals surface area contributed by atoms with E-state index < -0.39 is 0 Å². The number of aromatic nitrogens is 2. The third-order valence-electron chi connectivity index (χ3n) is 5.12. The van der Waals surface area contributed by atoms with Crippen LogP contribution in [0.4, 0.5) is 11.4 Å². The Kier molecular flexibility index (Phi) is 6.94. The molecule has 172 valence electrons. The van der Waals surface area contributed by atoms with E-state index in [4.69, 9.17) is 16.0 Å². The lowest BCUT2D eigenvalue weighted by Crippen LogP contribution is -2.11. The van der Waals surface area contributed by atoms with E-state index in [1.165, 1.54) is 17.9 Å². The van der Waals surface area contributed by atoms with Crippen molar-refractivity contribution in [2.24, 2.45) is 0 Å². The Morgan fingerprint density at radius 3 is 2.32 bits per heavy atom. The summed E-state index contributed by atoms with van der Waals surface area (Å²) in [6.07, 6.45) is 4.51. The number of carbonyl (C=O) groups excluding carboxylic acids is 2. The molecule has 0 bridgehead atoms. The number of halogens is 1. The molecule has 0 fully saturated rings. The topological polar surface area (TPSA) is 89.2 Å². The second-order valence-electron chi connectivity index (χ2n) is 7.76. The van der Waals surface area contributed by atoms with E-state index >= 15 is 0 Å². The minimum atomic E-state index is -0.347. The summed E-state index contributed by atoms with van der Waals surface area (Å²) in [6, 6.07) is 18.2. The van der Waals surface area contributed by atoms with Gasteiger partial charge in [0.05, 0.1) is 18.5 Å². The van der Waals surface area contributed by atoms with Crippen molar-refractivity contribution >= 4 is 40.9 Å². The highest BCUT2D eigenvalue weighted by Crippen LogP contribution is 2.23. The predicted molar refractivity (Wildman–Crippen MR) is 133 cm³/mol. The number of nitrogens with one attached hydrogen (secondary N) is 2. The van der Waals surface area contributed by atoms with Crippen LogP contribution in [-0.4, -0.2) is 21.6 Å². The van der Waals surface area contributed by atoms with Crippen LogP contribution >= 0.6 is 11.6 Å². The molecule has 0 radical (unpaired) electrons. The van der Waals surface area contributed by atoms with E-state index in [1.54, 1.807) is 47.2 Å². The van der Waals surface area contributed by atoms with Gasteiger partial charge in [-0.1, -0.05) is 41.4 Å². The number of hydrogen-bond donors (Lipinski definition) is 2. The Balaban J connectivity index is 1.37. The van der Waals surface area contributed by atoms with Gasteiger partial charge in [-0.2, -0.15) is 5.10 Å². The number of hydrogen-bond acceptors (Lipinski definition) is 4. The molecule has 2 heterocycles. The van der Waals surface area contributed by atoms with Gasteiger partial charge in [0.25, 0.3) is 5.91 Å². The molecule has 2 amide bonds. The summed E-state index contributed by atoms with van der Waals surface area (Å²) in [7, 11) is 0. The summed E-state index contributed by atoms with van der Waals surface area (Å²) >= 11 is 6.53. The van der Waals surface area contributed by atoms with E-state index in [1.807, 2.05) is 38.1 Å². The van der Waals surface area contributed by atoms with Crippen molar-refractivity contribution in [2.45, 2.75) is 20.4 Å². The van der Waals surface area contributed by atoms with Gasteiger partial charge in [-0.25, -0.2) is 4.68 Å². The van der Waals surface area contributed by atoms with Crippen molar-refractivity contribution < 1.29 is 14.0 Å². The van der Waals surface area contributed by atoms with E-state index in [-0.39, 0.29) is 17.6 Å². The quantitative estimate of drug-likeness (QED) is 0.336. The first-order valence-electron chi connectivity index (χ1n) is 10.6. The van der Waals surface area contributed by atoms with Crippen LogP contribution < -0.4 is 10.6 Å². The van der Waals surface area contributed by atoms with Gasteiger partial charge in [-0.3, -0.25) is 9.59 Å². The Morgan fingerprint density at radius 1 is 1.00 bits per heavy atom. The summed E-state index contributed by atoms with van der Waals surface area (Å²) < 4.78 is 6.78. The number of rotatable bonds is 7. The van der Waals surface area contributed by atoms with E-state index in [0.717, 1.165) is 11.3 Å². The van der Waals surface area contributed by atoms with Gasteiger partial charge >= 0.3 is 0 Å². The molecule has 7 nitrogen and oxygen atoms in total. The van der Waals surface area contributed by atoms with Crippen molar-refractivity contribution in [2.75, 3.05) is 10.6 Å². The Morgan fingerprint density at radius 2 is 1.68 bits per heavy atom. The Hall–Kier alpha value is -4.10. The zero-order valence-corrected chi connectivity index (χ0v) is 19.5. The van der Waals surface area contributed by atoms with Crippen LogP contribution in [0.2, 0.25) is 5.15 Å². The van der Waals surface area contributed by atoms with E-state index in [0.29, 0.717) is 28.6 Å². The normalized spacial score (nSPS) is 11.0. The fraction of sp³-hybridized carbons (Fsp3) is 0.115. The van der Waals surface area contributed by atoms with Crippen LogP contribution in [0, 0.1) is 13.8 Å². The zero-order valence-electron chi connectivity index (χ0n) is 18.7. The molecule has 2 aromatic heterocycles. The first-order chi connectivity index (χ1) is 16.4. The summed E-state index contributed by atoms with van der Waals surface area (Å²) in [5.74, 6) is -0.437. The van der Waals surface area contributed by atoms with Gasteiger partial charge in [-0.05, 0) is 61.9 Å². The standard InChI is InChI=1S/C26H23ClN4O3/c1-17-5-7-19(8-6-17)16-31-25(27)22(18(2)30-31)13-14-24(32)28-20-9-11-21(12-10-20)29-26(33)23-4-3-15-34-23/h3-15H,16H2,1-2H3,(H,28,32)(H,29,33)/b14-13+. The summed E-state index contributed by atoms with van der Waals surface area (Å²) in [5, 5.41) is 10.5. The fourth-order valence-corrected chi connectivity index (χ4v) is 3.61. The molecular weight excluding hydrogens is 452 g/mol. The van der Waals surface area contributed by atoms with Crippen LogP contribution in [-0.2, 0) is 11.3 Å². The molecule has 0 saturated heterocycles. The predicted octanol–water partition coefficient (Wildman–Crippen LogP) is 5.70. The molecular formula is C26H23ClN4O3. The third kappa shape index (κ3) is 5.63. The summed E-state index contributed by atoms with van der Waals surface area (Å²) in [6.45, 7) is 4.44. The summed E-state index contributed by atoms with van der Waals surface area (Å²) in [4.78, 5) is 24.4. The van der Waals surface area contributed by atoms with Gasteiger partial charge in [0.1, 0.15) is 5.15 Å². The molecule has 0 unspecified atom stereocenters. The number of carbonyl (C=O) groups is 2. The number of furan rings is 1. The average molecular weight is 475 g/mol. The monoisotopic (exact) mass is 474 g/mol. The third-order valence-corrected chi connectivity index (χ3v) is 5.52. The summed E-state index contributed by atoms with van der Waals surface area (Å²) in [5.41, 5.74) is 4.88. The highest BCUT2D eigenvalue weighted by molar-refractivity contribution is 6.31. The molecule has 34 heavy (non-hydrogen) atoms. The van der Waals surface area contributed by atoms with E-state index in [2.05, 4.69) is 15.7 Å². The van der Waals surface area contributed by atoms with E-state index in [9.17, 15) is 9.59 Å². The lowest BCUT2D eigenvalue weighted by Gasteiger charge is -2.06. The second-order valence-corrected chi connectivity index (χ2v) is 8.12. The molecule has 0 atom stereocenters. The second kappa shape index (κ2) is 10.2. The lowest BCUT2D eigenvalue weighted by molar-refractivity contribution is -0.111. The van der Waals surface area contributed by atoms with Crippen molar-refractivity contribution in [3.63, 3.8) is 0 Å². The highest BCUT2D eigenvalue weighted by atomic mass is 35.5. The highest BCUT2D eigenvalue weighted by Gasteiger charge is 2.12. The minimum absolute atomic E-state index is 0.221. The van der Waals surface area contributed by atoms with Gasteiger partial charge in [0.2, 0.25) is 5.91 Å². The number of aryl methyl sites for hydroxylation is 2. The first-order valence-corrected chi connectivity index (χ1v) is 11.0. The molecule has 4 aromatic rings. The molecule has 0 aliphatic heterocycles. The van der Waals surface area contributed by atoms with Gasteiger partial charge in [0, 0.05) is 23.0 Å². The number of anilines is 2. The molecule has 2 aromatic carbocycles. The van der Waals surface area contributed by atoms with Crippen LogP contribution in [0.1, 0.15) is 32.9 Å². The lowest BCUT2D eigenvalue weighted by atomic mass is 10.1. The van der Waals surface area contributed by atoms with Crippen LogP contribution in [0.25, 0.3) is 6.08 Å². The Bertz CT molecular complexity index is 1320. The molecule has 8 heteroatoms. The van der Waals surface area contributed by atoms with Crippen molar-refractivity contribution in [1.82, 2.24) is 9.78 Å². The molecule has 0 aliphatic rings. The average Bonchev–Trinajstić information content (AvgIpc) is 3.44. The Labute approximate surface area is 202 Å². The maximum Gasteiger partial charge on any atom is 0.291 e. The smallest absolute Gasteiger partial charge is 0.291 e. The van der Waals surface area contributed by atoms with Crippen LogP contribution in [0.15, 0.2) is 77.4 Å². The molecule has 0 saturated carbocycles. The zero-order chi connectivity index (χ0) is 24.1. The van der Waals surface area contributed by atoms with Gasteiger partial charge in [0.15, 0.2) is 5.76 Å². The van der Waals surface area contributed by atoms with Gasteiger partial charge in [-0.15, -0.1) is 0 Å². The largest absolute Gasteiger partial charge is 0.459 e. The fourth-order valence-electron chi connectivity index (χ4n) is 3.31. The molecule has 0 aliphatic carbocycles. The van der Waals surface area contributed by atoms with Crippen molar-refractivity contribution in [3.05, 3.63) is 106 Å². The number of benzene rings is 2. The first kappa shape index (κ1) is 23.1. The maximum atomic E-state index is 12.4. The maximum absolute atomic E-state index is 12.4. The van der Waals surface area contributed by atoms with Crippen LogP contribution in [0.5, 0.6) is 0 Å². The SMILES string of the molecule is Cc1ccc(Cn2nc(C)c(/C=C/C(=O)Nc3ccc(NC(=O)c4ccco4)cc3)c2Cl)cc1. The molecule has 4 rings (SSSR count). The van der Waals surface area contributed by atoms with Gasteiger partial charge < -0.3 is 15.1 Å². The molecule has 0 spiro atoms.